The Hall–Kier alpha value is -4.25. The van der Waals surface area contributed by atoms with Crippen LogP contribution < -0.4 is 15.2 Å². The lowest BCUT2D eigenvalue weighted by atomic mass is 9.99. The van der Waals surface area contributed by atoms with Crippen LogP contribution in [0.2, 0.25) is 0 Å². The van der Waals surface area contributed by atoms with Gasteiger partial charge in [0.2, 0.25) is 0 Å². The number of carbonyl (C=O) groups excluding carboxylic acids is 1. The zero-order valence-electron chi connectivity index (χ0n) is 21.1. The first-order valence-corrected chi connectivity index (χ1v) is 13.5. The van der Waals surface area contributed by atoms with Crippen LogP contribution in [0.4, 0.5) is 10.5 Å². The highest BCUT2D eigenvalue weighted by Crippen LogP contribution is 2.40. The minimum absolute atomic E-state index is 0.187. The number of urea groups is 1. The van der Waals surface area contributed by atoms with Gasteiger partial charge in [0.1, 0.15) is 11.2 Å². The number of nitrogens with one attached hydrogen (secondary N) is 2. The van der Waals surface area contributed by atoms with Crippen LogP contribution in [0, 0.1) is 0 Å². The second kappa shape index (κ2) is 9.90. The van der Waals surface area contributed by atoms with Crippen molar-refractivity contribution in [3.63, 3.8) is 0 Å². The molecule has 7 heteroatoms. The summed E-state index contributed by atoms with van der Waals surface area (Å²) in [4.78, 5) is 12.6. The van der Waals surface area contributed by atoms with Gasteiger partial charge in [-0.25, -0.2) is 4.79 Å². The highest BCUT2D eigenvalue weighted by molar-refractivity contribution is 7.31. The minimum atomic E-state index is -1.79. The summed E-state index contributed by atoms with van der Waals surface area (Å²) >= 11 is 0. The van der Waals surface area contributed by atoms with Crippen LogP contribution in [0.25, 0.3) is 43.5 Å². The van der Waals surface area contributed by atoms with E-state index in [2.05, 4.69) is 47.0 Å². The first-order valence-electron chi connectivity index (χ1n) is 12.4. The molecule has 6 rings (SSSR count). The number of rotatable bonds is 5. The molecule has 0 atom stereocenters. The fourth-order valence-corrected chi connectivity index (χ4v) is 5.84. The summed E-state index contributed by atoms with van der Waals surface area (Å²) in [5.74, 6) is 0. The van der Waals surface area contributed by atoms with Crippen molar-refractivity contribution in [2.45, 2.75) is 19.4 Å². The summed E-state index contributed by atoms with van der Waals surface area (Å²) < 4.78 is 19.0. The van der Waals surface area contributed by atoms with Crippen LogP contribution in [-0.2, 0) is 0 Å². The largest absolute Gasteiger partial charge is 0.399 e. The Morgan fingerprint density at radius 2 is 1.26 bits per heavy atom. The maximum absolute atomic E-state index is 12.6. The predicted molar refractivity (Wildman–Crippen MR) is 155 cm³/mol. The van der Waals surface area contributed by atoms with E-state index in [-0.39, 0.29) is 12.6 Å². The van der Waals surface area contributed by atoms with Crippen molar-refractivity contribution in [2.24, 2.45) is 0 Å². The smallest absolute Gasteiger partial charge is 0.387 e. The lowest BCUT2D eigenvalue weighted by Gasteiger charge is -2.25. The van der Waals surface area contributed by atoms with Crippen LogP contribution in [0.1, 0.15) is 13.8 Å². The van der Waals surface area contributed by atoms with Gasteiger partial charge in [0.15, 0.2) is 0 Å². The Balaban J connectivity index is 1.40. The zero-order chi connectivity index (χ0) is 26.1. The predicted octanol–water partition coefficient (Wildman–Crippen LogP) is 8.63. The number of anilines is 1. The summed E-state index contributed by atoms with van der Waals surface area (Å²) in [6, 6.07) is 33.6. The van der Waals surface area contributed by atoms with Crippen molar-refractivity contribution in [2.75, 3.05) is 11.9 Å². The van der Waals surface area contributed by atoms with Crippen LogP contribution in [0.3, 0.4) is 0 Å². The molecule has 2 N–H and O–H groups in total. The first-order chi connectivity index (χ1) is 18.5. The molecule has 0 fully saturated rings. The average molecular weight is 523 g/mol. The number of fused-ring (bicyclic) bond motifs is 7. The highest BCUT2D eigenvalue weighted by Gasteiger charge is 2.23. The molecule has 5 aromatic carbocycles. The quantitative estimate of drug-likeness (QED) is 0.238. The zero-order valence-corrected chi connectivity index (χ0v) is 22.0. The normalized spacial score (nSPS) is 11.7. The molecule has 0 bridgehead atoms. The SMILES string of the molecule is CC(C)(COp1oc2ccc3ccccc3c2c2c(ccc3ccccc32)o1)NC(=O)Nc1ccccc1. The Morgan fingerprint density at radius 1 is 0.737 bits per heavy atom. The maximum Gasteiger partial charge on any atom is 0.387 e. The Kier molecular flexibility index (Phi) is 6.28. The van der Waals surface area contributed by atoms with E-state index in [1.54, 1.807) is 0 Å². The van der Waals surface area contributed by atoms with Crippen molar-refractivity contribution in [3.05, 3.63) is 103 Å². The molecule has 0 aliphatic heterocycles. The van der Waals surface area contributed by atoms with E-state index in [1.807, 2.05) is 80.6 Å². The topological polar surface area (TPSA) is 76.6 Å². The number of benzene rings is 5. The van der Waals surface area contributed by atoms with E-state index in [0.29, 0.717) is 16.9 Å². The van der Waals surface area contributed by atoms with Crippen LogP contribution in [0.5, 0.6) is 0 Å². The summed E-state index contributed by atoms with van der Waals surface area (Å²) in [5, 5.41) is 12.2. The van der Waals surface area contributed by atoms with Gasteiger partial charge in [-0.3, -0.25) is 4.52 Å². The Bertz CT molecular complexity index is 1730. The molecule has 6 aromatic rings. The fraction of sp³-hybridized carbons (Fsp3) is 0.129. The van der Waals surface area contributed by atoms with Crippen molar-refractivity contribution in [1.82, 2.24) is 5.32 Å². The number of amides is 2. The van der Waals surface area contributed by atoms with E-state index < -0.39 is 13.8 Å². The van der Waals surface area contributed by atoms with Crippen LogP contribution >= 0.6 is 8.24 Å². The van der Waals surface area contributed by atoms with Gasteiger partial charge in [-0.1, -0.05) is 78.9 Å². The third kappa shape index (κ3) is 4.84. The third-order valence-electron chi connectivity index (χ3n) is 6.39. The van der Waals surface area contributed by atoms with Gasteiger partial charge in [-0.05, 0) is 59.7 Å². The molecule has 190 valence electrons. The summed E-state index contributed by atoms with van der Waals surface area (Å²) in [7, 11) is -1.79. The molecule has 6 nitrogen and oxygen atoms in total. The summed E-state index contributed by atoms with van der Waals surface area (Å²) in [6.45, 7) is 3.98. The maximum atomic E-state index is 12.6. The number of hydrogen-bond acceptors (Lipinski definition) is 4. The molecule has 1 aromatic heterocycles. The fourth-order valence-electron chi connectivity index (χ4n) is 4.64. The molecular formula is C31H27N2O4P. The van der Waals surface area contributed by atoms with Gasteiger partial charge in [-0.2, -0.15) is 0 Å². The molecule has 0 saturated heterocycles. The average Bonchev–Trinajstić information content (AvgIpc) is 3.09. The third-order valence-corrected chi connectivity index (χ3v) is 7.42. The second-order valence-corrected chi connectivity index (χ2v) is 10.9. The van der Waals surface area contributed by atoms with E-state index >= 15 is 0 Å². The second-order valence-electron chi connectivity index (χ2n) is 9.83. The van der Waals surface area contributed by atoms with Crippen molar-refractivity contribution in [1.29, 1.82) is 0 Å². The lowest BCUT2D eigenvalue weighted by molar-refractivity contribution is 0.221. The van der Waals surface area contributed by atoms with Crippen molar-refractivity contribution in [3.8, 4) is 0 Å². The minimum Gasteiger partial charge on any atom is -0.399 e. The first kappa shape index (κ1) is 24.1. The molecule has 0 radical (unpaired) electrons. The molecule has 0 aliphatic carbocycles. The lowest BCUT2D eigenvalue weighted by Crippen LogP contribution is -2.49. The highest BCUT2D eigenvalue weighted by atomic mass is 31.1. The van der Waals surface area contributed by atoms with Gasteiger partial charge in [0, 0.05) is 16.5 Å². The van der Waals surface area contributed by atoms with Gasteiger partial charge in [0.05, 0.1) is 12.1 Å². The molecule has 0 aliphatic rings. The standard InChI is InChI=1S/C31H27N2O4P/c1-31(2,33-30(34)32-23-12-4-3-5-13-23)20-35-38-36-26-18-16-21-10-6-8-14-24(21)28(26)29-25-15-9-7-11-22(25)17-19-27(29)37-38/h3-19H,20H2,1-2H3,(H2,32,33,34). The number of para-hydroxylation sites is 1. The molecule has 1 heterocycles. The van der Waals surface area contributed by atoms with Crippen molar-refractivity contribution < 1.29 is 17.7 Å². The molecule has 0 spiro atoms. The van der Waals surface area contributed by atoms with Crippen molar-refractivity contribution >= 4 is 63.4 Å². The Labute approximate surface area is 220 Å². The number of hydrogen-bond donors (Lipinski definition) is 2. The Morgan fingerprint density at radius 3 is 1.84 bits per heavy atom. The van der Waals surface area contributed by atoms with E-state index in [1.165, 1.54) is 0 Å². The monoisotopic (exact) mass is 522 g/mol. The molecule has 2 amide bonds. The van der Waals surface area contributed by atoms with Gasteiger partial charge >= 0.3 is 14.3 Å². The molecule has 38 heavy (non-hydrogen) atoms. The van der Waals surface area contributed by atoms with Crippen LogP contribution in [-0.4, -0.2) is 18.2 Å². The number of carbonyl (C=O) groups is 1. The summed E-state index contributed by atoms with van der Waals surface area (Å²) in [5.41, 5.74) is 1.45. The van der Waals surface area contributed by atoms with E-state index in [0.717, 1.165) is 32.3 Å². The van der Waals surface area contributed by atoms with Gasteiger partial charge < -0.3 is 19.0 Å². The molecule has 0 unspecified atom stereocenters. The summed E-state index contributed by atoms with van der Waals surface area (Å²) in [6.07, 6.45) is 0. The van der Waals surface area contributed by atoms with E-state index in [4.69, 9.17) is 12.9 Å². The molecular weight excluding hydrogens is 495 g/mol. The van der Waals surface area contributed by atoms with Gasteiger partial charge in [-0.15, -0.1) is 0 Å². The van der Waals surface area contributed by atoms with Crippen LogP contribution in [0.15, 0.2) is 112 Å². The van der Waals surface area contributed by atoms with Gasteiger partial charge in [0.25, 0.3) is 0 Å². The molecule has 0 saturated carbocycles. The van der Waals surface area contributed by atoms with E-state index in [9.17, 15) is 4.79 Å².